The Hall–Kier alpha value is -3.64. The fourth-order valence-electron chi connectivity index (χ4n) is 3.17. The van der Waals surface area contributed by atoms with Gasteiger partial charge in [0, 0.05) is 30.5 Å². The summed E-state index contributed by atoms with van der Waals surface area (Å²) in [6.45, 7) is 3.91. The normalized spacial score (nSPS) is 11.9. The molecule has 0 fully saturated rings. The van der Waals surface area contributed by atoms with E-state index in [1.807, 2.05) is 19.0 Å². The van der Waals surface area contributed by atoms with E-state index in [1.165, 1.54) is 0 Å². The lowest BCUT2D eigenvalue weighted by Crippen LogP contribution is -2.39. The van der Waals surface area contributed by atoms with E-state index in [1.54, 1.807) is 38.1 Å². The van der Waals surface area contributed by atoms with Crippen molar-refractivity contribution in [3.8, 4) is 11.4 Å². The highest BCUT2D eigenvalue weighted by atomic mass is 32.1. The smallest absolute Gasteiger partial charge is 0.347 e. The summed E-state index contributed by atoms with van der Waals surface area (Å²) in [4.78, 5) is 47.1. The lowest BCUT2D eigenvalue weighted by Gasteiger charge is -2.20. The van der Waals surface area contributed by atoms with Gasteiger partial charge in [0.15, 0.2) is 5.13 Å². The molecule has 0 saturated heterocycles. The van der Waals surface area contributed by atoms with Gasteiger partial charge in [-0.3, -0.25) is 9.59 Å². The van der Waals surface area contributed by atoms with E-state index in [0.29, 0.717) is 41.5 Å². The van der Waals surface area contributed by atoms with Crippen molar-refractivity contribution in [1.29, 1.82) is 0 Å². The second kappa shape index (κ2) is 11.0. The SMILES string of the molecule is Cc1nc(-c2cccc(C(=O)NC(CCN(C)C)CC(=O)Nc3nc(C)c(C(=O)O)s3)c2)no1. The highest BCUT2D eigenvalue weighted by molar-refractivity contribution is 7.17. The predicted octanol–water partition coefficient (Wildman–Crippen LogP) is 2.59. The maximum atomic E-state index is 13.0. The molecule has 3 aromatic rings. The highest BCUT2D eigenvalue weighted by Gasteiger charge is 2.21. The molecule has 1 unspecified atom stereocenters. The molecule has 0 radical (unpaired) electrons. The fraction of sp³-hybridized carbons (Fsp3) is 0.364. The number of carboxylic acid groups (broad SMARTS) is 1. The minimum Gasteiger partial charge on any atom is -0.477 e. The number of aromatic carboxylic acids is 1. The van der Waals surface area contributed by atoms with E-state index in [9.17, 15) is 19.5 Å². The van der Waals surface area contributed by atoms with Gasteiger partial charge in [-0.25, -0.2) is 9.78 Å². The van der Waals surface area contributed by atoms with Gasteiger partial charge in [0.1, 0.15) is 4.88 Å². The van der Waals surface area contributed by atoms with E-state index >= 15 is 0 Å². The number of aromatic nitrogens is 3. The Labute approximate surface area is 200 Å². The summed E-state index contributed by atoms with van der Waals surface area (Å²) < 4.78 is 5.01. The second-order valence-corrected chi connectivity index (χ2v) is 8.97. The Morgan fingerprint density at radius 2 is 1.97 bits per heavy atom. The number of carbonyl (C=O) groups excluding carboxylic acids is 2. The van der Waals surface area contributed by atoms with Gasteiger partial charge in [0.25, 0.3) is 5.91 Å². The topological polar surface area (TPSA) is 151 Å². The number of thiazole rings is 1. The molecule has 1 atom stereocenters. The lowest BCUT2D eigenvalue weighted by molar-refractivity contribution is -0.116. The summed E-state index contributed by atoms with van der Waals surface area (Å²) in [7, 11) is 3.81. The number of hydrogen-bond donors (Lipinski definition) is 3. The monoisotopic (exact) mass is 486 g/mol. The first-order chi connectivity index (χ1) is 16.1. The summed E-state index contributed by atoms with van der Waals surface area (Å²) in [5.74, 6) is -0.992. The first kappa shape index (κ1) is 25.0. The summed E-state index contributed by atoms with van der Waals surface area (Å²) in [5, 5.41) is 18.8. The molecule has 3 N–H and O–H groups in total. The molecular formula is C22H26N6O5S. The number of benzene rings is 1. The van der Waals surface area contributed by atoms with Gasteiger partial charge in [0.2, 0.25) is 17.6 Å². The molecule has 0 spiro atoms. The largest absolute Gasteiger partial charge is 0.477 e. The Balaban J connectivity index is 1.69. The predicted molar refractivity (Wildman–Crippen MR) is 126 cm³/mol. The number of aryl methyl sites for hydroxylation is 2. The van der Waals surface area contributed by atoms with Crippen molar-refractivity contribution in [2.75, 3.05) is 26.0 Å². The van der Waals surface area contributed by atoms with Crippen LogP contribution in [0.1, 0.15) is 44.5 Å². The standard InChI is InChI=1S/C22H26N6O5S/c1-12-18(21(31)32)34-22(23-12)26-17(29)11-16(8-9-28(3)4)25-20(30)15-7-5-6-14(10-15)19-24-13(2)33-27-19/h5-7,10,16H,8-9,11H2,1-4H3,(H,25,30)(H,31,32)(H,23,26,29). The number of nitrogens with zero attached hydrogens (tertiary/aromatic N) is 4. The Kier molecular flexibility index (Phi) is 8.08. The minimum absolute atomic E-state index is 0.00431. The molecule has 0 aliphatic rings. The molecule has 34 heavy (non-hydrogen) atoms. The Morgan fingerprint density at radius 1 is 1.21 bits per heavy atom. The average molecular weight is 487 g/mol. The van der Waals surface area contributed by atoms with E-state index in [-0.39, 0.29) is 28.2 Å². The van der Waals surface area contributed by atoms with Crippen molar-refractivity contribution < 1.29 is 24.0 Å². The molecule has 2 heterocycles. The van der Waals surface area contributed by atoms with Crippen LogP contribution in [-0.2, 0) is 4.79 Å². The molecule has 2 amide bonds. The van der Waals surface area contributed by atoms with Crippen LogP contribution in [0.25, 0.3) is 11.4 Å². The van der Waals surface area contributed by atoms with Gasteiger partial charge in [-0.2, -0.15) is 4.98 Å². The van der Waals surface area contributed by atoms with Crippen LogP contribution in [0.3, 0.4) is 0 Å². The lowest BCUT2D eigenvalue weighted by atomic mass is 10.1. The van der Waals surface area contributed by atoms with Crippen LogP contribution in [0.15, 0.2) is 28.8 Å². The van der Waals surface area contributed by atoms with Crippen molar-refractivity contribution in [3.05, 3.63) is 46.3 Å². The Morgan fingerprint density at radius 3 is 2.59 bits per heavy atom. The quantitative estimate of drug-likeness (QED) is 0.393. The Bertz CT molecular complexity index is 1190. The van der Waals surface area contributed by atoms with Crippen molar-refractivity contribution in [2.24, 2.45) is 0 Å². The maximum Gasteiger partial charge on any atom is 0.347 e. The molecule has 12 heteroatoms. The third-order valence-electron chi connectivity index (χ3n) is 4.84. The highest BCUT2D eigenvalue weighted by Crippen LogP contribution is 2.23. The van der Waals surface area contributed by atoms with Crippen LogP contribution >= 0.6 is 11.3 Å². The first-order valence-electron chi connectivity index (χ1n) is 10.5. The molecule has 0 bridgehead atoms. The number of anilines is 1. The van der Waals surface area contributed by atoms with E-state index in [0.717, 1.165) is 11.3 Å². The van der Waals surface area contributed by atoms with Crippen molar-refractivity contribution in [2.45, 2.75) is 32.7 Å². The fourth-order valence-corrected chi connectivity index (χ4v) is 3.99. The van der Waals surface area contributed by atoms with Gasteiger partial charge < -0.3 is 25.2 Å². The first-order valence-corrected chi connectivity index (χ1v) is 11.3. The number of nitrogens with one attached hydrogen (secondary N) is 2. The van der Waals surface area contributed by atoms with Crippen LogP contribution in [0.5, 0.6) is 0 Å². The molecular weight excluding hydrogens is 460 g/mol. The van der Waals surface area contributed by atoms with E-state index < -0.39 is 12.0 Å². The third kappa shape index (κ3) is 6.68. The summed E-state index contributed by atoms with van der Waals surface area (Å²) >= 11 is 0.896. The van der Waals surface area contributed by atoms with Gasteiger partial charge in [-0.05, 0) is 46.1 Å². The van der Waals surface area contributed by atoms with Crippen molar-refractivity contribution >= 4 is 34.3 Å². The number of carbonyl (C=O) groups is 3. The molecule has 180 valence electrons. The van der Waals surface area contributed by atoms with Crippen LogP contribution in [-0.4, -0.2) is 69.6 Å². The summed E-state index contributed by atoms with van der Waals surface area (Å²) in [6, 6.07) is 6.38. The summed E-state index contributed by atoms with van der Waals surface area (Å²) in [5.41, 5.74) is 1.37. The zero-order valence-corrected chi connectivity index (χ0v) is 20.1. The maximum absolute atomic E-state index is 13.0. The summed E-state index contributed by atoms with van der Waals surface area (Å²) in [6.07, 6.45) is 0.539. The molecule has 3 rings (SSSR count). The molecule has 0 aliphatic heterocycles. The minimum atomic E-state index is -1.09. The molecule has 1 aromatic carbocycles. The molecule has 0 aliphatic carbocycles. The van der Waals surface area contributed by atoms with E-state index in [4.69, 9.17) is 4.52 Å². The van der Waals surface area contributed by atoms with Crippen LogP contribution < -0.4 is 10.6 Å². The molecule has 2 aromatic heterocycles. The molecule has 0 saturated carbocycles. The molecule has 11 nitrogen and oxygen atoms in total. The van der Waals surface area contributed by atoms with Crippen molar-refractivity contribution in [1.82, 2.24) is 25.3 Å². The zero-order valence-electron chi connectivity index (χ0n) is 19.3. The number of rotatable bonds is 10. The van der Waals surface area contributed by atoms with Crippen LogP contribution in [0.2, 0.25) is 0 Å². The third-order valence-corrected chi connectivity index (χ3v) is 5.90. The van der Waals surface area contributed by atoms with Gasteiger partial charge >= 0.3 is 5.97 Å². The zero-order chi connectivity index (χ0) is 24.8. The van der Waals surface area contributed by atoms with Gasteiger partial charge in [-0.1, -0.05) is 28.6 Å². The van der Waals surface area contributed by atoms with Crippen LogP contribution in [0.4, 0.5) is 5.13 Å². The van der Waals surface area contributed by atoms with E-state index in [2.05, 4.69) is 25.8 Å². The van der Waals surface area contributed by atoms with Crippen molar-refractivity contribution in [3.63, 3.8) is 0 Å². The number of carboxylic acids is 1. The average Bonchev–Trinajstić information content (AvgIpc) is 3.37. The van der Waals surface area contributed by atoms with Gasteiger partial charge in [-0.15, -0.1) is 0 Å². The second-order valence-electron chi connectivity index (χ2n) is 7.97. The van der Waals surface area contributed by atoms with Crippen LogP contribution in [0, 0.1) is 13.8 Å². The number of hydrogen-bond acceptors (Lipinski definition) is 9. The van der Waals surface area contributed by atoms with Gasteiger partial charge in [0.05, 0.1) is 5.69 Å². The number of amides is 2.